The first-order chi connectivity index (χ1) is 10.8. The van der Waals surface area contributed by atoms with Crippen LogP contribution in [0.3, 0.4) is 0 Å². The van der Waals surface area contributed by atoms with Gasteiger partial charge in [0, 0.05) is 0 Å². The van der Waals surface area contributed by atoms with E-state index in [0.29, 0.717) is 0 Å². The average Bonchev–Trinajstić information content (AvgIpc) is 2.55. The minimum absolute atomic E-state index is 0.577. The summed E-state index contributed by atoms with van der Waals surface area (Å²) in [4.78, 5) is 0. The first-order valence-electron chi connectivity index (χ1n) is 7.08. The van der Waals surface area contributed by atoms with Crippen LogP contribution in [0.5, 0.6) is 0 Å². The number of aliphatic hydroxyl groups excluding tert-OH is 8. The fraction of sp³-hybridized carbons (Fsp3) is 1.00. The normalized spacial score (nSPS) is 51.7. The summed E-state index contributed by atoms with van der Waals surface area (Å²) < 4.78 is 10.7. The van der Waals surface area contributed by atoms with Crippen molar-refractivity contribution in [3.05, 3.63) is 0 Å². The summed E-state index contributed by atoms with van der Waals surface area (Å²) in [5.74, 6) is 0. The monoisotopic (exact) mass is 406 g/mol. The molecule has 2 saturated heterocycles. The van der Waals surface area contributed by atoms with Crippen LogP contribution in [0.2, 0.25) is 0 Å². The van der Waals surface area contributed by atoms with Gasteiger partial charge in [-0.15, -0.1) is 0 Å². The molecule has 2 rings (SSSR count). The van der Waals surface area contributed by atoms with Gasteiger partial charge in [-0.05, 0) is 0 Å². The molecule has 11 heteroatoms. The number of aliphatic hydroxyl groups is 8. The molecule has 136 valence electrons. The average molecular weight is 405 g/mol. The van der Waals surface area contributed by atoms with Gasteiger partial charge in [-0.2, -0.15) is 0 Å². The summed E-state index contributed by atoms with van der Waals surface area (Å²) in [5, 5.41) is 75.1. The molecule has 0 unspecified atom stereocenters. The molecule has 0 bridgehead atoms. The van der Waals surface area contributed by atoms with Gasteiger partial charge >= 0.3 is 137 Å². The third kappa shape index (κ3) is 3.87. The van der Waals surface area contributed by atoms with Crippen LogP contribution in [-0.2, 0) is 9.47 Å². The summed E-state index contributed by atoms with van der Waals surface area (Å²) in [6, 6.07) is 0. The molecule has 2 heterocycles. The maximum absolute atomic E-state index is 9.98. The van der Waals surface area contributed by atoms with Gasteiger partial charge in [0.15, 0.2) is 0 Å². The van der Waals surface area contributed by atoms with Crippen molar-refractivity contribution in [2.75, 3.05) is 13.2 Å². The SMILES string of the molecule is OC[C@H]1O[C@@H]([Se][C@@H]2O[C@H](CO)[C@H](O)[C@H](O)[C@H]2O)[C@H](O)[C@@H](O)[C@H]1O. The van der Waals surface area contributed by atoms with E-state index in [9.17, 15) is 30.6 Å². The molecule has 2 fully saturated rings. The van der Waals surface area contributed by atoms with Gasteiger partial charge in [-0.25, -0.2) is 0 Å². The second kappa shape index (κ2) is 8.00. The van der Waals surface area contributed by atoms with Crippen molar-refractivity contribution in [2.24, 2.45) is 0 Å². The van der Waals surface area contributed by atoms with Crippen molar-refractivity contribution >= 4 is 15.0 Å². The van der Waals surface area contributed by atoms with Crippen LogP contribution in [0.4, 0.5) is 0 Å². The van der Waals surface area contributed by atoms with Gasteiger partial charge in [-0.1, -0.05) is 0 Å². The fourth-order valence-electron chi connectivity index (χ4n) is 2.49. The third-order valence-electron chi connectivity index (χ3n) is 3.97. The number of hydrogen-bond acceptors (Lipinski definition) is 10. The fourth-order valence-corrected chi connectivity index (χ4v) is 5.27. The zero-order chi connectivity index (χ0) is 17.3. The Morgan fingerprint density at radius 3 is 1.22 bits per heavy atom. The van der Waals surface area contributed by atoms with E-state index in [0.717, 1.165) is 0 Å². The topological polar surface area (TPSA) is 180 Å². The first kappa shape index (κ1) is 19.4. The van der Waals surface area contributed by atoms with Gasteiger partial charge in [0.1, 0.15) is 0 Å². The second-order valence-corrected chi connectivity index (χ2v) is 8.05. The molecule has 23 heavy (non-hydrogen) atoms. The number of hydrogen-bond donors (Lipinski definition) is 8. The van der Waals surface area contributed by atoms with Crippen molar-refractivity contribution in [1.29, 1.82) is 0 Å². The molecule has 0 saturated carbocycles. The molecule has 0 amide bonds. The number of rotatable bonds is 4. The van der Waals surface area contributed by atoms with Crippen molar-refractivity contribution in [2.45, 2.75) is 58.8 Å². The standard InChI is InChI=1S/C12H22O10Se/c13-1-3-5(15)7(17)9(19)11(21-3)23-12-10(20)8(18)6(16)4(2-14)22-12/h3-20H,1-2H2/t3-,4-,5+,6+,7+,8+,9-,10-,11+,12+/m1/s1. The van der Waals surface area contributed by atoms with Crippen LogP contribution in [-0.4, -0.2) is 128 Å². The van der Waals surface area contributed by atoms with Crippen LogP contribution in [0.15, 0.2) is 0 Å². The Bertz CT molecular complexity index is 349. The van der Waals surface area contributed by atoms with E-state index in [1.165, 1.54) is 0 Å². The molecule has 10 nitrogen and oxygen atoms in total. The van der Waals surface area contributed by atoms with Crippen molar-refractivity contribution in [3.8, 4) is 0 Å². The molecule has 8 N–H and O–H groups in total. The van der Waals surface area contributed by atoms with Crippen molar-refractivity contribution < 1.29 is 50.3 Å². The Labute approximate surface area is 138 Å². The molecule has 0 aliphatic carbocycles. The van der Waals surface area contributed by atoms with Crippen molar-refractivity contribution in [1.82, 2.24) is 0 Å². The van der Waals surface area contributed by atoms with Gasteiger partial charge in [0.2, 0.25) is 0 Å². The zero-order valence-electron chi connectivity index (χ0n) is 12.0. The van der Waals surface area contributed by atoms with Crippen LogP contribution in [0.1, 0.15) is 0 Å². The van der Waals surface area contributed by atoms with E-state index in [1.807, 2.05) is 0 Å². The van der Waals surface area contributed by atoms with E-state index in [-0.39, 0.29) is 0 Å². The van der Waals surface area contributed by atoms with Crippen LogP contribution >= 0.6 is 0 Å². The van der Waals surface area contributed by atoms with Gasteiger partial charge in [-0.3, -0.25) is 0 Å². The summed E-state index contributed by atoms with van der Waals surface area (Å²) in [5.41, 5.74) is 0. The molecule has 2 aliphatic rings. The zero-order valence-corrected chi connectivity index (χ0v) is 13.7. The molecule has 10 atom stereocenters. The van der Waals surface area contributed by atoms with E-state index >= 15 is 0 Å². The molecule has 0 spiro atoms. The van der Waals surface area contributed by atoms with E-state index in [2.05, 4.69) is 0 Å². The summed E-state index contributed by atoms with van der Waals surface area (Å²) in [6.07, 6.45) is -11.2. The molecular weight excluding hydrogens is 383 g/mol. The summed E-state index contributed by atoms with van der Waals surface area (Å²) in [6.45, 7) is -1.15. The predicted molar refractivity (Wildman–Crippen MR) is 73.3 cm³/mol. The van der Waals surface area contributed by atoms with Crippen LogP contribution in [0.25, 0.3) is 0 Å². The predicted octanol–water partition coefficient (Wildman–Crippen LogP) is -5.71. The Morgan fingerprint density at radius 1 is 0.565 bits per heavy atom. The van der Waals surface area contributed by atoms with Gasteiger partial charge in [0.05, 0.1) is 0 Å². The molecule has 2 aliphatic heterocycles. The molecule has 0 aromatic heterocycles. The van der Waals surface area contributed by atoms with E-state index in [4.69, 9.17) is 19.7 Å². The molecular formula is C12H22O10Se. The van der Waals surface area contributed by atoms with E-state index < -0.39 is 87.0 Å². The Hall–Kier alpha value is 0.119. The first-order valence-corrected chi connectivity index (χ1v) is 9.06. The van der Waals surface area contributed by atoms with Gasteiger partial charge in [0.25, 0.3) is 0 Å². The molecule has 0 radical (unpaired) electrons. The van der Waals surface area contributed by atoms with Crippen LogP contribution < -0.4 is 0 Å². The Morgan fingerprint density at radius 2 is 0.913 bits per heavy atom. The molecule has 0 aromatic rings. The minimum atomic E-state index is -1.54. The Kier molecular flexibility index (Phi) is 6.76. The van der Waals surface area contributed by atoms with E-state index in [1.54, 1.807) is 0 Å². The molecule has 0 aromatic carbocycles. The summed E-state index contributed by atoms with van der Waals surface area (Å²) >= 11 is -0.859. The Balaban J connectivity index is 2.07. The van der Waals surface area contributed by atoms with Crippen molar-refractivity contribution in [3.63, 3.8) is 0 Å². The summed E-state index contributed by atoms with van der Waals surface area (Å²) in [7, 11) is 0. The second-order valence-electron chi connectivity index (χ2n) is 5.53. The third-order valence-corrected chi connectivity index (χ3v) is 6.73. The quantitative estimate of drug-likeness (QED) is 0.210. The maximum atomic E-state index is 9.98. The van der Waals surface area contributed by atoms with Gasteiger partial charge < -0.3 is 0 Å². The van der Waals surface area contributed by atoms with Crippen LogP contribution in [0, 0.1) is 0 Å². The number of ether oxygens (including phenoxy) is 2.